The van der Waals surface area contributed by atoms with Crippen molar-refractivity contribution in [2.24, 2.45) is 5.73 Å². The Hall–Kier alpha value is -1.75. The van der Waals surface area contributed by atoms with Crippen LogP contribution in [0, 0.1) is 0 Å². The summed E-state index contributed by atoms with van der Waals surface area (Å²) in [6.45, 7) is 3.29. The molecule has 1 rings (SSSR count). The molecule has 2 N–H and O–H groups in total. The minimum absolute atomic E-state index is 0.222. The third-order valence-corrected chi connectivity index (χ3v) is 2.54. The fourth-order valence-electron chi connectivity index (χ4n) is 1.55. The Morgan fingerprint density at radius 2 is 1.44 bits per heavy atom. The smallest absolute Gasteiger partial charge is 0.185 e. The van der Waals surface area contributed by atoms with Gasteiger partial charge in [-0.25, -0.2) is 0 Å². The maximum atomic E-state index is 12.2. The summed E-state index contributed by atoms with van der Waals surface area (Å²) < 4.78 is 15.5. The molecule has 0 aliphatic heterocycles. The number of methoxy groups -OCH3 is 3. The van der Waals surface area contributed by atoms with Crippen molar-refractivity contribution in [3.05, 3.63) is 17.7 Å². The van der Waals surface area contributed by atoms with E-state index in [2.05, 4.69) is 0 Å². The molecule has 0 radical (unpaired) electrons. The van der Waals surface area contributed by atoms with Gasteiger partial charge in [-0.1, -0.05) is 0 Å². The summed E-state index contributed by atoms with van der Waals surface area (Å²) >= 11 is 0. The van der Waals surface area contributed by atoms with Crippen LogP contribution < -0.4 is 19.9 Å². The van der Waals surface area contributed by atoms with Crippen LogP contribution >= 0.6 is 0 Å². The Morgan fingerprint density at radius 1 is 1.00 bits per heavy atom. The van der Waals surface area contributed by atoms with Crippen LogP contribution in [0.1, 0.15) is 24.2 Å². The maximum Gasteiger partial charge on any atom is 0.185 e. The van der Waals surface area contributed by atoms with E-state index in [0.717, 1.165) is 0 Å². The molecule has 1 aromatic rings. The molecule has 0 bridgehead atoms. The van der Waals surface area contributed by atoms with Gasteiger partial charge < -0.3 is 19.9 Å². The summed E-state index contributed by atoms with van der Waals surface area (Å²) in [7, 11) is 4.51. The molecular formula is C13H19NO4. The highest BCUT2D eigenvalue weighted by atomic mass is 16.5. The van der Waals surface area contributed by atoms with E-state index in [1.54, 1.807) is 26.0 Å². The van der Waals surface area contributed by atoms with E-state index in [0.29, 0.717) is 22.8 Å². The van der Waals surface area contributed by atoms with E-state index in [4.69, 9.17) is 19.9 Å². The highest BCUT2D eigenvalue weighted by Gasteiger charge is 2.27. The van der Waals surface area contributed by atoms with Crippen molar-refractivity contribution in [3.63, 3.8) is 0 Å². The normalized spacial score (nSPS) is 11.0. The van der Waals surface area contributed by atoms with Gasteiger partial charge in [-0.15, -0.1) is 0 Å². The Morgan fingerprint density at radius 3 is 1.83 bits per heavy atom. The molecule has 0 aromatic heterocycles. The van der Waals surface area contributed by atoms with Crippen LogP contribution in [-0.2, 0) is 0 Å². The number of benzene rings is 1. The summed E-state index contributed by atoms with van der Waals surface area (Å²) in [6, 6.07) is 3.19. The van der Waals surface area contributed by atoms with Gasteiger partial charge in [0.05, 0.1) is 32.4 Å². The van der Waals surface area contributed by atoms with Gasteiger partial charge in [0.2, 0.25) is 0 Å². The first-order valence-corrected chi connectivity index (χ1v) is 5.48. The summed E-state index contributed by atoms with van der Waals surface area (Å²) in [5.41, 5.74) is 5.22. The third-order valence-electron chi connectivity index (χ3n) is 2.54. The molecule has 1 aromatic carbocycles. The molecule has 0 saturated carbocycles. The van der Waals surface area contributed by atoms with E-state index in [9.17, 15) is 4.79 Å². The van der Waals surface area contributed by atoms with Crippen molar-refractivity contribution in [1.82, 2.24) is 0 Å². The monoisotopic (exact) mass is 253 g/mol. The molecule has 5 heteroatoms. The van der Waals surface area contributed by atoms with Gasteiger partial charge >= 0.3 is 0 Å². The number of carbonyl (C=O) groups is 1. The second kappa shape index (κ2) is 5.27. The molecule has 0 aliphatic carbocycles. The van der Waals surface area contributed by atoms with Crippen LogP contribution in [0.5, 0.6) is 17.2 Å². The Bertz CT molecular complexity index is 449. The molecule has 18 heavy (non-hydrogen) atoms. The first kappa shape index (κ1) is 14.3. The number of ether oxygens (including phenoxy) is 3. The molecule has 0 fully saturated rings. The van der Waals surface area contributed by atoms with Crippen LogP contribution in [0.25, 0.3) is 0 Å². The standard InChI is InChI=1S/C13H19NO4/c1-13(2,14)12(15)8-6-10(17-4)11(18-5)7-9(8)16-3/h6-7H,14H2,1-5H3. The average Bonchev–Trinajstić information content (AvgIpc) is 2.34. The number of ketones is 1. The Kier molecular flexibility index (Phi) is 4.19. The van der Waals surface area contributed by atoms with Gasteiger partial charge in [-0.2, -0.15) is 0 Å². The Balaban J connectivity index is 3.39. The van der Waals surface area contributed by atoms with Crippen LogP contribution in [0.2, 0.25) is 0 Å². The largest absolute Gasteiger partial charge is 0.496 e. The van der Waals surface area contributed by atoms with Gasteiger partial charge in [0.1, 0.15) is 5.75 Å². The van der Waals surface area contributed by atoms with Crippen LogP contribution in [0.15, 0.2) is 12.1 Å². The van der Waals surface area contributed by atoms with E-state index >= 15 is 0 Å². The number of carbonyl (C=O) groups excluding carboxylic acids is 1. The summed E-state index contributed by atoms with van der Waals surface area (Å²) in [5, 5.41) is 0. The van der Waals surface area contributed by atoms with Gasteiger partial charge in [0.15, 0.2) is 17.3 Å². The highest BCUT2D eigenvalue weighted by molar-refractivity contribution is 6.05. The summed E-state index contributed by atoms with van der Waals surface area (Å²) in [4.78, 5) is 12.2. The highest BCUT2D eigenvalue weighted by Crippen LogP contribution is 2.35. The summed E-state index contributed by atoms with van der Waals surface area (Å²) in [5.74, 6) is 1.16. The minimum atomic E-state index is -0.979. The van der Waals surface area contributed by atoms with Crippen molar-refractivity contribution in [3.8, 4) is 17.2 Å². The molecule has 0 spiro atoms. The summed E-state index contributed by atoms with van der Waals surface area (Å²) in [6.07, 6.45) is 0. The van der Waals surface area contributed by atoms with Gasteiger partial charge in [0.25, 0.3) is 0 Å². The predicted octanol–water partition coefficient (Wildman–Crippen LogP) is 1.63. The topological polar surface area (TPSA) is 70.8 Å². The lowest BCUT2D eigenvalue weighted by Crippen LogP contribution is -2.41. The van der Waals surface area contributed by atoms with Gasteiger partial charge in [-0.3, -0.25) is 4.79 Å². The van der Waals surface area contributed by atoms with E-state index in [1.165, 1.54) is 21.3 Å². The van der Waals surface area contributed by atoms with Gasteiger partial charge in [-0.05, 0) is 19.9 Å². The Labute approximate surface area is 107 Å². The third kappa shape index (κ3) is 2.73. The van der Waals surface area contributed by atoms with E-state index in [1.807, 2.05) is 0 Å². The molecule has 0 saturated heterocycles. The number of hydrogen-bond acceptors (Lipinski definition) is 5. The van der Waals surface area contributed by atoms with Crippen molar-refractivity contribution in [2.45, 2.75) is 19.4 Å². The average molecular weight is 253 g/mol. The zero-order chi connectivity index (χ0) is 13.9. The first-order chi connectivity index (χ1) is 8.35. The maximum absolute atomic E-state index is 12.2. The van der Waals surface area contributed by atoms with E-state index in [-0.39, 0.29) is 5.78 Å². The fourth-order valence-corrected chi connectivity index (χ4v) is 1.55. The number of hydrogen-bond donors (Lipinski definition) is 1. The lowest BCUT2D eigenvalue weighted by molar-refractivity contribution is 0.0910. The molecule has 5 nitrogen and oxygen atoms in total. The van der Waals surface area contributed by atoms with Crippen molar-refractivity contribution in [2.75, 3.05) is 21.3 Å². The van der Waals surface area contributed by atoms with Crippen molar-refractivity contribution < 1.29 is 19.0 Å². The fraction of sp³-hybridized carbons (Fsp3) is 0.462. The minimum Gasteiger partial charge on any atom is -0.496 e. The molecule has 0 atom stereocenters. The second-order valence-corrected chi connectivity index (χ2v) is 4.46. The molecule has 0 unspecified atom stereocenters. The lowest BCUT2D eigenvalue weighted by atomic mass is 9.93. The van der Waals surface area contributed by atoms with Crippen LogP contribution in [0.4, 0.5) is 0 Å². The predicted molar refractivity (Wildman–Crippen MR) is 68.7 cm³/mol. The van der Waals surface area contributed by atoms with Crippen LogP contribution in [-0.4, -0.2) is 32.7 Å². The lowest BCUT2D eigenvalue weighted by Gasteiger charge is -2.20. The van der Waals surface area contributed by atoms with Gasteiger partial charge in [0, 0.05) is 6.07 Å². The SMILES string of the molecule is COc1cc(OC)c(C(=O)C(C)(C)N)cc1OC. The number of rotatable bonds is 5. The van der Waals surface area contributed by atoms with Crippen LogP contribution in [0.3, 0.4) is 0 Å². The number of nitrogens with two attached hydrogens (primary N) is 1. The van der Waals surface area contributed by atoms with Crippen molar-refractivity contribution >= 4 is 5.78 Å². The van der Waals surface area contributed by atoms with E-state index < -0.39 is 5.54 Å². The zero-order valence-electron chi connectivity index (χ0n) is 11.4. The second-order valence-electron chi connectivity index (χ2n) is 4.46. The zero-order valence-corrected chi connectivity index (χ0v) is 11.4. The quantitative estimate of drug-likeness (QED) is 0.808. The first-order valence-electron chi connectivity index (χ1n) is 5.48. The molecule has 0 heterocycles. The molecule has 0 amide bonds. The molecule has 100 valence electrons. The molecule has 0 aliphatic rings. The van der Waals surface area contributed by atoms with Crippen molar-refractivity contribution in [1.29, 1.82) is 0 Å². The molecular weight excluding hydrogens is 234 g/mol. The number of Topliss-reactive ketones (excluding diaryl/α,β-unsaturated/α-hetero) is 1.